The summed E-state index contributed by atoms with van der Waals surface area (Å²) in [5.41, 5.74) is 1.16. The summed E-state index contributed by atoms with van der Waals surface area (Å²) in [5, 5.41) is 1.15. The molecule has 3 nitrogen and oxygen atoms in total. The molecule has 1 aromatic carbocycles. The van der Waals surface area contributed by atoms with Gasteiger partial charge in [0.15, 0.2) is 11.5 Å². The fraction of sp³-hybridized carbons (Fsp3) is 0.429. The smallest absolute Gasteiger partial charge is 0.162 e. The van der Waals surface area contributed by atoms with Gasteiger partial charge in [-0.3, -0.25) is 0 Å². The van der Waals surface area contributed by atoms with Gasteiger partial charge in [0.25, 0.3) is 0 Å². The van der Waals surface area contributed by atoms with Crippen LogP contribution < -0.4 is 9.47 Å². The van der Waals surface area contributed by atoms with E-state index in [1.54, 1.807) is 14.2 Å². The lowest BCUT2D eigenvalue weighted by Gasteiger charge is -2.11. The summed E-state index contributed by atoms with van der Waals surface area (Å²) in [4.78, 5) is 0. The van der Waals surface area contributed by atoms with Crippen molar-refractivity contribution in [1.82, 2.24) is 4.57 Å². The fourth-order valence-electron chi connectivity index (χ4n) is 2.12. The molecule has 4 heteroatoms. The van der Waals surface area contributed by atoms with Crippen LogP contribution in [0.3, 0.4) is 0 Å². The summed E-state index contributed by atoms with van der Waals surface area (Å²) in [6, 6.07) is 4.04. The Morgan fingerprint density at radius 2 is 1.78 bits per heavy atom. The Morgan fingerprint density at radius 3 is 2.33 bits per heavy atom. The second-order valence-corrected chi connectivity index (χ2v) is 5.60. The van der Waals surface area contributed by atoms with E-state index in [-0.39, 0.29) is 0 Å². The Balaban J connectivity index is 2.62. The number of benzene rings is 1. The first-order valence-corrected chi connectivity index (χ1v) is 6.76. The highest BCUT2D eigenvalue weighted by atomic mass is 79.9. The highest BCUT2D eigenvalue weighted by molar-refractivity contribution is 9.10. The minimum absolute atomic E-state index is 0.598. The van der Waals surface area contributed by atoms with Crippen LogP contribution in [0.2, 0.25) is 0 Å². The average molecular weight is 312 g/mol. The standard InChI is InChI=1S/C14H18BrNO2/c1-9(2)7-16-8-11(15)10-5-13(17-3)14(18-4)6-12(10)16/h5-6,8-9H,7H2,1-4H3. The van der Waals surface area contributed by atoms with E-state index in [2.05, 4.69) is 40.5 Å². The number of ether oxygens (including phenoxy) is 2. The number of nitrogens with zero attached hydrogens (tertiary/aromatic N) is 1. The zero-order chi connectivity index (χ0) is 13.3. The minimum Gasteiger partial charge on any atom is -0.493 e. The van der Waals surface area contributed by atoms with E-state index < -0.39 is 0 Å². The normalized spacial score (nSPS) is 11.2. The van der Waals surface area contributed by atoms with Crippen LogP contribution in [0, 0.1) is 5.92 Å². The molecule has 2 aromatic rings. The Bertz CT molecular complexity index is 560. The van der Waals surface area contributed by atoms with Gasteiger partial charge in [0, 0.05) is 28.7 Å². The Morgan fingerprint density at radius 1 is 1.17 bits per heavy atom. The van der Waals surface area contributed by atoms with E-state index in [0.717, 1.165) is 33.4 Å². The van der Waals surface area contributed by atoms with Crippen LogP contribution in [0.1, 0.15) is 13.8 Å². The van der Waals surface area contributed by atoms with E-state index in [4.69, 9.17) is 9.47 Å². The molecule has 0 N–H and O–H groups in total. The maximum absolute atomic E-state index is 5.36. The number of methoxy groups -OCH3 is 2. The number of aromatic nitrogens is 1. The predicted octanol–water partition coefficient (Wildman–Crippen LogP) is 4.08. The highest BCUT2D eigenvalue weighted by Gasteiger charge is 2.13. The van der Waals surface area contributed by atoms with Gasteiger partial charge in [-0.1, -0.05) is 13.8 Å². The van der Waals surface area contributed by atoms with Gasteiger partial charge in [0.1, 0.15) is 0 Å². The molecule has 0 aliphatic rings. The largest absolute Gasteiger partial charge is 0.493 e. The molecule has 0 aliphatic heterocycles. The number of hydrogen-bond acceptors (Lipinski definition) is 2. The highest BCUT2D eigenvalue weighted by Crippen LogP contribution is 2.36. The molecule has 0 fully saturated rings. The van der Waals surface area contributed by atoms with Crippen molar-refractivity contribution in [3.63, 3.8) is 0 Å². The van der Waals surface area contributed by atoms with Gasteiger partial charge in [0.05, 0.1) is 19.7 Å². The molecule has 0 saturated carbocycles. The third-order valence-corrected chi connectivity index (χ3v) is 3.53. The molecule has 1 aromatic heterocycles. The van der Waals surface area contributed by atoms with Crippen LogP contribution in [0.25, 0.3) is 10.9 Å². The molecular formula is C14H18BrNO2. The molecule has 18 heavy (non-hydrogen) atoms. The van der Waals surface area contributed by atoms with Gasteiger partial charge in [-0.15, -0.1) is 0 Å². The van der Waals surface area contributed by atoms with Gasteiger partial charge in [-0.2, -0.15) is 0 Å². The topological polar surface area (TPSA) is 23.4 Å². The van der Waals surface area contributed by atoms with Crippen LogP contribution in [0.4, 0.5) is 0 Å². The summed E-state index contributed by atoms with van der Waals surface area (Å²) in [7, 11) is 3.32. The first-order chi connectivity index (χ1) is 8.56. The molecule has 0 atom stereocenters. The van der Waals surface area contributed by atoms with Crippen LogP contribution in [0.5, 0.6) is 11.5 Å². The van der Waals surface area contributed by atoms with Crippen molar-refractivity contribution in [1.29, 1.82) is 0 Å². The number of hydrogen-bond donors (Lipinski definition) is 0. The summed E-state index contributed by atoms with van der Waals surface area (Å²) in [5.74, 6) is 2.12. The average Bonchev–Trinajstić information content (AvgIpc) is 2.63. The van der Waals surface area contributed by atoms with Crippen molar-refractivity contribution in [2.24, 2.45) is 5.92 Å². The van der Waals surface area contributed by atoms with Gasteiger partial charge in [0.2, 0.25) is 0 Å². The maximum Gasteiger partial charge on any atom is 0.162 e. The zero-order valence-corrected chi connectivity index (χ0v) is 12.7. The van der Waals surface area contributed by atoms with Gasteiger partial charge in [-0.25, -0.2) is 0 Å². The molecule has 1 heterocycles. The third kappa shape index (κ3) is 2.34. The zero-order valence-electron chi connectivity index (χ0n) is 11.2. The third-order valence-electron chi connectivity index (χ3n) is 2.90. The Kier molecular flexibility index (Phi) is 3.85. The van der Waals surface area contributed by atoms with Crippen LogP contribution in [-0.2, 0) is 6.54 Å². The lowest BCUT2D eigenvalue weighted by Crippen LogP contribution is -2.02. The van der Waals surface area contributed by atoms with Crippen molar-refractivity contribution in [2.45, 2.75) is 20.4 Å². The molecular weight excluding hydrogens is 294 g/mol. The summed E-state index contributed by atoms with van der Waals surface area (Å²) in [6.45, 7) is 5.40. The van der Waals surface area contributed by atoms with Crippen molar-refractivity contribution >= 4 is 26.8 Å². The van der Waals surface area contributed by atoms with Gasteiger partial charge < -0.3 is 14.0 Å². The minimum atomic E-state index is 0.598. The van der Waals surface area contributed by atoms with Crippen LogP contribution in [-0.4, -0.2) is 18.8 Å². The molecule has 0 bridgehead atoms. The van der Waals surface area contributed by atoms with Crippen molar-refractivity contribution < 1.29 is 9.47 Å². The molecule has 0 amide bonds. The summed E-state index contributed by atoms with van der Waals surface area (Å²) < 4.78 is 14.0. The fourth-order valence-corrected chi connectivity index (χ4v) is 2.68. The van der Waals surface area contributed by atoms with Crippen LogP contribution >= 0.6 is 15.9 Å². The van der Waals surface area contributed by atoms with Crippen molar-refractivity contribution in [2.75, 3.05) is 14.2 Å². The molecule has 2 rings (SSSR count). The SMILES string of the molecule is COc1cc2c(Br)cn(CC(C)C)c2cc1OC. The molecule has 0 spiro atoms. The number of halogens is 1. The lowest BCUT2D eigenvalue weighted by atomic mass is 10.2. The number of rotatable bonds is 4. The quantitative estimate of drug-likeness (QED) is 0.849. The second-order valence-electron chi connectivity index (χ2n) is 4.75. The van der Waals surface area contributed by atoms with E-state index in [1.807, 2.05) is 12.1 Å². The van der Waals surface area contributed by atoms with Crippen molar-refractivity contribution in [3.8, 4) is 11.5 Å². The molecule has 0 saturated heterocycles. The molecule has 0 radical (unpaired) electrons. The van der Waals surface area contributed by atoms with Crippen molar-refractivity contribution in [3.05, 3.63) is 22.8 Å². The first-order valence-electron chi connectivity index (χ1n) is 5.97. The molecule has 98 valence electrons. The number of fused-ring (bicyclic) bond motifs is 1. The second kappa shape index (κ2) is 5.22. The van der Waals surface area contributed by atoms with E-state index in [9.17, 15) is 0 Å². The van der Waals surface area contributed by atoms with Crippen LogP contribution in [0.15, 0.2) is 22.8 Å². The van der Waals surface area contributed by atoms with E-state index in [0.29, 0.717) is 5.92 Å². The predicted molar refractivity (Wildman–Crippen MR) is 77.6 cm³/mol. The molecule has 0 aliphatic carbocycles. The Labute approximate surface area is 116 Å². The summed E-state index contributed by atoms with van der Waals surface area (Å²) >= 11 is 3.60. The van der Waals surface area contributed by atoms with Gasteiger partial charge in [-0.05, 0) is 27.9 Å². The lowest BCUT2D eigenvalue weighted by molar-refractivity contribution is 0.355. The molecule has 0 unspecified atom stereocenters. The van der Waals surface area contributed by atoms with E-state index in [1.165, 1.54) is 0 Å². The van der Waals surface area contributed by atoms with E-state index >= 15 is 0 Å². The Hall–Kier alpha value is -1.16. The summed E-state index contributed by atoms with van der Waals surface area (Å²) in [6.07, 6.45) is 2.11. The van der Waals surface area contributed by atoms with Gasteiger partial charge >= 0.3 is 0 Å². The first kappa shape index (κ1) is 13.3. The monoisotopic (exact) mass is 311 g/mol. The maximum atomic E-state index is 5.36.